The van der Waals surface area contributed by atoms with E-state index >= 15 is 0 Å². The largest absolute Gasteiger partial charge is 0.365 e. The number of benzene rings is 2. The lowest BCUT2D eigenvalue weighted by atomic mass is 9.76. The summed E-state index contributed by atoms with van der Waals surface area (Å²) in [4.78, 5) is 0. The van der Waals surface area contributed by atoms with Gasteiger partial charge in [-0.3, -0.25) is 0 Å². The number of allylic oxidation sites excluding steroid dienone is 2. The van der Waals surface area contributed by atoms with Gasteiger partial charge in [0.2, 0.25) is 0 Å². The summed E-state index contributed by atoms with van der Waals surface area (Å²) < 4.78 is 6.53. The van der Waals surface area contributed by atoms with Crippen LogP contribution in [0.4, 0.5) is 0 Å². The summed E-state index contributed by atoms with van der Waals surface area (Å²) in [6.07, 6.45) is 9.69. The molecule has 0 saturated heterocycles. The zero-order chi connectivity index (χ0) is 15.3. The van der Waals surface area contributed by atoms with Crippen molar-refractivity contribution >= 4 is 0 Å². The summed E-state index contributed by atoms with van der Waals surface area (Å²) in [6, 6.07) is 21.1. The van der Waals surface area contributed by atoms with E-state index in [1.807, 2.05) is 0 Å². The third kappa shape index (κ3) is 2.65. The first-order valence-electron chi connectivity index (χ1n) is 7.98. The molecule has 1 aliphatic rings. The molecule has 1 heteroatoms. The zero-order valence-electron chi connectivity index (χ0n) is 13.0. The lowest BCUT2D eigenvalue weighted by molar-refractivity contribution is -0.0365. The molecule has 0 unspecified atom stereocenters. The van der Waals surface area contributed by atoms with Crippen LogP contribution in [0.5, 0.6) is 0 Å². The molecular formula is C21H22O. The zero-order valence-corrected chi connectivity index (χ0v) is 13.0. The Hall–Kier alpha value is -2.12. The first-order valence-corrected chi connectivity index (χ1v) is 7.98. The molecule has 2 aromatic rings. The Kier molecular flexibility index (Phi) is 4.55. The molecule has 0 spiro atoms. The summed E-state index contributed by atoms with van der Waals surface area (Å²) >= 11 is 0. The van der Waals surface area contributed by atoms with Gasteiger partial charge in [0.05, 0.1) is 0 Å². The van der Waals surface area contributed by atoms with Gasteiger partial charge in [-0.1, -0.05) is 91.9 Å². The first-order chi connectivity index (χ1) is 10.9. The number of hydrogen-bond donors (Lipinski definition) is 0. The van der Waals surface area contributed by atoms with Gasteiger partial charge in [-0.2, -0.15) is 0 Å². The molecule has 0 aromatic heterocycles. The molecule has 0 saturated carbocycles. The van der Waals surface area contributed by atoms with Crippen LogP contribution in [0.15, 0.2) is 85.0 Å². The average molecular weight is 290 g/mol. The third-order valence-corrected chi connectivity index (χ3v) is 4.16. The molecule has 112 valence electrons. The predicted octanol–water partition coefficient (Wildman–Crippen LogP) is 5.10. The van der Waals surface area contributed by atoms with Crippen LogP contribution in [-0.4, -0.2) is 6.61 Å². The molecule has 0 N–H and O–H groups in total. The van der Waals surface area contributed by atoms with Gasteiger partial charge in [0.25, 0.3) is 0 Å². The molecule has 0 aliphatic heterocycles. The van der Waals surface area contributed by atoms with Crippen molar-refractivity contribution in [2.24, 2.45) is 5.92 Å². The Morgan fingerprint density at radius 3 is 1.77 bits per heavy atom. The van der Waals surface area contributed by atoms with E-state index < -0.39 is 5.60 Å². The Labute approximate surface area is 133 Å². The van der Waals surface area contributed by atoms with E-state index in [0.29, 0.717) is 0 Å². The van der Waals surface area contributed by atoms with Crippen LogP contribution in [0, 0.1) is 5.92 Å². The molecular weight excluding hydrogens is 268 g/mol. The molecule has 0 heterocycles. The fourth-order valence-corrected chi connectivity index (χ4v) is 3.15. The van der Waals surface area contributed by atoms with E-state index in [0.717, 1.165) is 13.0 Å². The number of hydrogen-bond acceptors (Lipinski definition) is 1. The van der Waals surface area contributed by atoms with Gasteiger partial charge in [-0.05, 0) is 17.5 Å². The number of ether oxygens (including phenoxy) is 1. The van der Waals surface area contributed by atoms with Crippen molar-refractivity contribution < 1.29 is 4.74 Å². The second-order valence-corrected chi connectivity index (χ2v) is 5.61. The molecule has 0 fully saturated rings. The van der Waals surface area contributed by atoms with Crippen molar-refractivity contribution in [3.05, 3.63) is 96.1 Å². The highest BCUT2D eigenvalue weighted by atomic mass is 16.5. The minimum atomic E-state index is -0.456. The van der Waals surface area contributed by atoms with E-state index in [4.69, 9.17) is 4.74 Å². The first kappa shape index (κ1) is 14.8. The maximum Gasteiger partial charge on any atom is 0.128 e. The number of rotatable bonds is 6. The molecule has 22 heavy (non-hydrogen) atoms. The van der Waals surface area contributed by atoms with Gasteiger partial charge >= 0.3 is 0 Å². The van der Waals surface area contributed by atoms with Crippen LogP contribution in [0.1, 0.15) is 24.5 Å². The van der Waals surface area contributed by atoms with Crippen LogP contribution in [-0.2, 0) is 10.3 Å². The highest BCUT2D eigenvalue weighted by Crippen LogP contribution is 2.43. The minimum absolute atomic E-state index is 0.212. The van der Waals surface area contributed by atoms with Gasteiger partial charge in [0.15, 0.2) is 0 Å². The summed E-state index contributed by atoms with van der Waals surface area (Å²) in [5.74, 6) is 0.212. The Balaban J connectivity index is 2.18. The summed E-state index contributed by atoms with van der Waals surface area (Å²) in [6.45, 7) is 2.89. The van der Waals surface area contributed by atoms with Crippen LogP contribution in [0.3, 0.4) is 0 Å². The lowest BCUT2D eigenvalue weighted by Crippen LogP contribution is -2.37. The summed E-state index contributed by atoms with van der Waals surface area (Å²) in [7, 11) is 0. The molecule has 2 aromatic carbocycles. The van der Waals surface area contributed by atoms with Crippen molar-refractivity contribution in [2.75, 3.05) is 6.61 Å². The summed E-state index contributed by atoms with van der Waals surface area (Å²) in [5.41, 5.74) is 1.95. The van der Waals surface area contributed by atoms with Gasteiger partial charge in [0.1, 0.15) is 5.60 Å². The van der Waals surface area contributed by atoms with E-state index in [2.05, 4.69) is 91.9 Å². The van der Waals surface area contributed by atoms with Crippen molar-refractivity contribution in [2.45, 2.75) is 18.9 Å². The van der Waals surface area contributed by atoms with E-state index in [-0.39, 0.29) is 5.92 Å². The van der Waals surface area contributed by atoms with Crippen molar-refractivity contribution in [3.63, 3.8) is 0 Å². The maximum atomic E-state index is 6.53. The molecule has 0 atom stereocenters. The van der Waals surface area contributed by atoms with Gasteiger partial charge < -0.3 is 4.74 Å². The van der Waals surface area contributed by atoms with Crippen LogP contribution in [0.2, 0.25) is 0 Å². The molecule has 1 aliphatic carbocycles. The maximum absolute atomic E-state index is 6.53. The lowest BCUT2D eigenvalue weighted by Gasteiger charge is -2.39. The highest BCUT2D eigenvalue weighted by molar-refractivity contribution is 5.42. The smallest absolute Gasteiger partial charge is 0.128 e. The highest BCUT2D eigenvalue weighted by Gasteiger charge is 2.41. The molecule has 3 rings (SSSR count). The van der Waals surface area contributed by atoms with Crippen molar-refractivity contribution in [3.8, 4) is 0 Å². The Morgan fingerprint density at radius 2 is 1.32 bits per heavy atom. The van der Waals surface area contributed by atoms with E-state index in [9.17, 15) is 0 Å². The van der Waals surface area contributed by atoms with Gasteiger partial charge in [-0.15, -0.1) is 0 Å². The van der Waals surface area contributed by atoms with E-state index in [1.54, 1.807) is 0 Å². The monoisotopic (exact) mass is 290 g/mol. The minimum Gasteiger partial charge on any atom is -0.365 e. The molecule has 1 nitrogen and oxygen atoms in total. The van der Waals surface area contributed by atoms with Crippen molar-refractivity contribution in [1.29, 1.82) is 0 Å². The van der Waals surface area contributed by atoms with Crippen LogP contribution in [0.25, 0.3) is 0 Å². The fourth-order valence-electron chi connectivity index (χ4n) is 3.15. The standard InChI is InChI=1S/C21H22O/c1-2-17-22-21(20-15-9-10-16-20,18-11-5-3-6-12-18)19-13-7-4-8-14-19/h3-16,20H,2,17H2,1H3. The van der Waals surface area contributed by atoms with Crippen LogP contribution >= 0.6 is 0 Å². The average Bonchev–Trinajstić information content (AvgIpc) is 3.13. The normalized spacial score (nSPS) is 14.6. The quantitative estimate of drug-likeness (QED) is 0.719. The topological polar surface area (TPSA) is 9.23 Å². The Bertz CT molecular complexity index is 589. The van der Waals surface area contributed by atoms with E-state index in [1.165, 1.54) is 11.1 Å². The second-order valence-electron chi connectivity index (χ2n) is 5.61. The fraction of sp³-hybridized carbons (Fsp3) is 0.238. The SMILES string of the molecule is CCCOC(c1ccccc1)(c1ccccc1)C1C=CC=C1. The van der Waals surface area contributed by atoms with Crippen LogP contribution < -0.4 is 0 Å². The molecule has 0 amide bonds. The predicted molar refractivity (Wildman–Crippen MR) is 91.7 cm³/mol. The Morgan fingerprint density at radius 1 is 0.818 bits per heavy atom. The summed E-state index contributed by atoms with van der Waals surface area (Å²) in [5, 5.41) is 0. The molecule has 0 radical (unpaired) electrons. The van der Waals surface area contributed by atoms with Gasteiger partial charge in [0, 0.05) is 12.5 Å². The second kappa shape index (κ2) is 6.76. The van der Waals surface area contributed by atoms with Crippen molar-refractivity contribution in [1.82, 2.24) is 0 Å². The molecule has 0 bridgehead atoms. The third-order valence-electron chi connectivity index (χ3n) is 4.16. The van der Waals surface area contributed by atoms with Gasteiger partial charge in [-0.25, -0.2) is 0 Å².